The Balaban J connectivity index is 1.73. The second kappa shape index (κ2) is 13.7. The van der Waals surface area contributed by atoms with Crippen molar-refractivity contribution in [3.63, 3.8) is 0 Å². The number of nitrogens with one attached hydrogen (secondary N) is 1. The van der Waals surface area contributed by atoms with E-state index in [1.807, 2.05) is 61.5 Å². The van der Waals surface area contributed by atoms with Crippen LogP contribution in [0, 0.1) is 6.92 Å². The maximum Gasteiger partial charge on any atom is 0.244 e. The Labute approximate surface area is 243 Å². The smallest absolute Gasteiger partial charge is 0.244 e. The summed E-state index contributed by atoms with van der Waals surface area (Å²) < 4.78 is 32.5. The third-order valence-corrected chi connectivity index (χ3v) is 8.61. The number of aryl methyl sites for hydroxylation is 1. The molecule has 0 aliphatic heterocycles. The number of sulfonamides is 1. The molecule has 1 atom stereocenters. The largest absolute Gasteiger partial charge is 0.495 e. The summed E-state index contributed by atoms with van der Waals surface area (Å²) in [5.74, 6) is -0.385. The van der Waals surface area contributed by atoms with Crippen LogP contribution in [0.1, 0.15) is 42.4 Å². The van der Waals surface area contributed by atoms with Crippen LogP contribution in [0.4, 0.5) is 5.69 Å². The van der Waals surface area contributed by atoms with Crippen molar-refractivity contribution in [1.82, 2.24) is 10.2 Å². The van der Waals surface area contributed by atoms with Crippen LogP contribution in [0.5, 0.6) is 5.75 Å². The van der Waals surface area contributed by atoms with Crippen molar-refractivity contribution >= 4 is 27.5 Å². The molecule has 1 saturated carbocycles. The molecule has 3 aromatic carbocycles. The Morgan fingerprint density at radius 1 is 0.927 bits per heavy atom. The lowest BCUT2D eigenvalue weighted by molar-refractivity contribution is -0.140. The zero-order valence-corrected chi connectivity index (χ0v) is 24.8. The predicted molar refractivity (Wildman–Crippen MR) is 161 cm³/mol. The molecule has 1 aliphatic carbocycles. The van der Waals surface area contributed by atoms with Crippen LogP contribution in [0.2, 0.25) is 0 Å². The molecule has 0 saturated heterocycles. The summed E-state index contributed by atoms with van der Waals surface area (Å²) in [6.07, 6.45) is 5.29. The van der Waals surface area contributed by atoms with E-state index in [0.717, 1.165) is 52.9 Å². The van der Waals surface area contributed by atoms with Gasteiger partial charge in [-0.05, 0) is 43.0 Å². The van der Waals surface area contributed by atoms with Crippen LogP contribution >= 0.6 is 0 Å². The molecule has 2 amide bonds. The molecule has 3 aromatic rings. The predicted octanol–water partition coefficient (Wildman–Crippen LogP) is 4.47. The first-order valence-electron chi connectivity index (χ1n) is 14.0. The average Bonchev–Trinajstić information content (AvgIpc) is 3.47. The van der Waals surface area contributed by atoms with Gasteiger partial charge < -0.3 is 15.0 Å². The maximum absolute atomic E-state index is 14.2. The number of nitrogens with zero attached hydrogens (tertiary/aromatic N) is 2. The number of carbonyl (C=O) groups is 2. The van der Waals surface area contributed by atoms with Crippen molar-refractivity contribution < 1.29 is 22.7 Å². The molecule has 218 valence electrons. The molecular formula is C32H39N3O5S. The van der Waals surface area contributed by atoms with Gasteiger partial charge in [-0.3, -0.25) is 13.9 Å². The molecule has 1 N–H and O–H groups in total. The fraction of sp³-hybridized carbons (Fsp3) is 0.375. The number of hydrogen-bond acceptors (Lipinski definition) is 5. The van der Waals surface area contributed by atoms with Gasteiger partial charge in [-0.25, -0.2) is 8.42 Å². The van der Waals surface area contributed by atoms with Gasteiger partial charge in [0.15, 0.2) is 0 Å². The van der Waals surface area contributed by atoms with Crippen LogP contribution in [-0.2, 0) is 32.6 Å². The minimum absolute atomic E-state index is 0.0678. The van der Waals surface area contributed by atoms with Gasteiger partial charge in [0.25, 0.3) is 0 Å². The highest BCUT2D eigenvalue weighted by Gasteiger charge is 2.34. The summed E-state index contributed by atoms with van der Waals surface area (Å²) in [6, 6.07) is 23.3. The number of para-hydroxylation sites is 2. The van der Waals surface area contributed by atoms with Crippen molar-refractivity contribution in [2.24, 2.45) is 0 Å². The first-order chi connectivity index (χ1) is 19.7. The Kier molecular flexibility index (Phi) is 10.0. The van der Waals surface area contributed by atoms with E-state index in [2.05, 4.69) is 5.32 Å². The van der Waals surface area contributed by atoms with Crippen molar-refractivity contribution in [1.29, 1.82) is 0 Å². The molecule has 9 heteroatoms. The summed E-state index contributed by atoms with van der Waals surface area (Å²) in [4.78, 5) is 29.6. The maximum atomic E-state index is 14.2. The molecule has 0 bridgehead atoms. The lowest BCUT2D eigenvalue weighted by Gasteiger charge is -2.34. The van der Waals surface area contributed by atoms with Crippen LogP contribution in [0.3, 0.4) is 0 Å². The van der Waals surface area contributed by atoms with E-state index in [0.29, 0.717) is 12.2 Å². The number of anilines is 1. The Morgan fingerprint density at radius 3 is 2.20 bits per heavy atom. The highest BCUT2D eigenvalue weighted by molar-refractivity contribution is 7.92. The second-order valence-electron chi connectivity index (χ2n) is 10.6. The fourth-order valence-electron chi connectivity index (χ4n) is 5.24. The molecule has 1 fully saturated rings. The molecule has 41 heavy (non-hydrogen) atoms. The molecule has 0 unspecified atom stereocenters. The van der Waals surface area contributed by atoms with Crippen molar-refractivity contribution in [3.8, 4) is 5.75 Å². The van der Waals surface area contributed by atoms with Gasteiger partial charge in [0.2, 0.25) is 21.8 Å². The normalized spacial score (nSPS) is 14.3. The van der Waals surface area contributed by atoms with Gasteiger partial charge in [-0.15, -0.1) is 0 Å². The molecule has 0 aromatic heterocycles. The number of rotatable bonds is 12. The molecule has 8 nitrogen and oxygen atoms in total. The SMILES string of the molecule is COc1ccccc1N(CC(=O)N(Cc1ccc(C)cc1)[C@H](Cc1ccccc1)C(=O)NC1CCCC1)S(C)(=O)=O. The molecule has 0 heterocycles. The average molecular weight is 578 g/mol. The monoisotopic (exact) mass is 577 g/mol. The van der Waals surface area contributed by atoms with Gasteiger partial charge in [0.05, 0.1) is 19.1 Å². The van der Waals surface area contributed by atoms with Gasteiger partial charge in [0, 0.05) is 19.0 Å². The molecule has 0 spiro atoms. The number of amides is 2. The second-order valence-corrected chi connectivity index (χ2v) is 12.6. The van der Waals surface area contributed by atoms with Gasteiger partial charge in [-0.2, -0.15) is 0 Å². The third-order valence-electron chi connectivity index (χ3n) is 7.48. The van der Waals surface area contributed by atoms with Crippen LogP contribution < -0.4 is 14.4 Å². The lowest BCUT2D eigenvalue weighted by atomic mass is 10.0. The molecular weight excluding hydrogens is 538 g/mol. The van der Waals surface area contributed by atoms with Crippen molar-refractivity contribution in [2.75, 3.05) is 24.2 Å². The van der Waals surface area contributed by atoms with Gasteiger partial charge >= 0.3 is 0 Å². The molecule has 1 aliphatic rings. The summed E-state index contributed by atoms with van der Waals surface area (Å²) in [7, 11) is -2.42. The lowest BCUT2D eigenvalue weighted by Crippen LogP contribution is -2.54. The summed E-state index contributed by atoms with van der Waals surface area (Å²) in [5, 5.41) is 3.18. The highest BCUT2D eigenvalue weighted by Crippen LogP contribution is 2.30. The standard InChI is InChI=1S/C32H39N3O5S/c1-24-17-19-26(20-18-24)22-34(31(36)23-35(41(3,38)39)28-15-9-10-16-30(28)40-2)29(21-25-11-5-4-6-12-25)32(37)33-27-13-7-8-14-27/h4-6,9-12,15-20,27,29H,7-8,13-14,21-23H2,1-3H3,(H,33,37)/t29-/m1/s1. The zero-order valence-electron chi connectivity index (χ0n) is 24.0. The first-order valence-corrected chi connectivity index (χ1v) is 15.8. The number of carbonyl (C=O) groups excluding carboxylic acids is 2. The summed E-state index contributed by atoms with van der Waals surface area (Å²) in [5.41, 5.74) is 3.09. The van der Waals surface area contributed by atoms with E-state index in [1.165, 1.54) is 12.0 Å². The Morgan fingerprint density at radius 2 is 1.56 bits per heavy atom. The number of benzene rings is 3. The highest BCUT2D eigenvalue weighted by atomic mass is 32.2. The fourth-order valence-corrected chi connectivity index (χ4v) is 6.10. The van der Waals surface area contributed by atoms with E-state index in [9.17, 15) is 18.0 Å². The topological polar surface area (TPSA) is 96.0 Å². The molecule has 0 radical (unpaired) electrons. The Bertz CT molecular complexity index is 1420. The van der Waals surface area contributed by atoms with Gasteiger partial charge in [-0.1, -0.05) is 85.1 Å². The Hall–Kier alpha value is -3.85. The molecule has 4 rings (SSSR count). The quantitative estimate of drug-likeness (QED) is 0.343. The van der Waals surface area contributed by atoms with E-state index in [-0.39, 0.29) is 24.2 Å². The number of methoxy groups -OCH3 is 1. The minimum atomic E-state index is -3.88. The van der Waals surface area contributed by atoms with E-state index >= 15 is 0 Å². The van der Waals surface area contributed by atoms with Crippen LogP contribution in [-0.4, -0.2) is 57.1 Å². The summed E-state index contributed by atoms with van der Waals surface area (Å²) in [6.45, 7) is 1.66. The van der Waals surface area contributed by atoms with Crippen molar-refractivity contribution in [2.45, 2.75) is 57.7 Å². The van der Waals surface area contributed by atoms with E-state index in [4.69, 9.17) is 4.74 Å². The third kappa shape index (κ3) is 8.10. The van der Waals surface area contributed by atoms with Crippen LogP contribution in [0.25, 0.3) is 0 Å². The number of ether oxygens (including phenoxy) is 1. The van der Waals surface area contributed by atoms with Crippen LogP contribution in [0.15, 0.2) is 78.9 Å². The van der Waals surface area contributed by atoms with Crippen molar-refractivity contribution in [3.05, 3.63) is 95.6 Å². The summed E-state index contributed by atoms with van der Waals surface area (Å²) >= 11 is 0. The zero-order chi connectivity index (χ0) is 29.4. The first kappa shape index (κ1) is 30.1. The number of hydrogen-bond donors (Lipinski definition) is 1. The minimum Gasteiger partial charge on any atom is -0.495 e. The van der Waals surface area contributed by atoms with E-state index < -0.39 is 28.5 Å². The van der Waals surface area contributed by atoms with Gasteiger partial charge in [0.1, 0.15) is 18.3 Å². The van der Waals surface area contributed by atoms with E-state index in [1.54, 1.807) is 24.3 Å².